The molecule has 0 radical (unpaired) electrons. The number of unbranched alkanes of at least 4 members (excludes halogenated alkanes) is 1. The zero-order chi connectivity index (χ0) is 15.9. The normalized spacial score (nSPS) is 26.3. The van der Waals surface area contributed by atoms with Crippen LogP contribution in [0.1, 0.15) is 59.8 Å². The van der Waals surface area contributed by atoms with Crippen LogP contribution in [-0.2, 0) is 9.53 Å². The first-order valence-electron chi connectivity index (χ1n) is 8.50. The number of rotatable bonds is 8. The summed E-state index contributed by atoms with van der Waals surface area (Å²) in [5.41, 5.74) is -0.536. The van der Waals surface area contributed by atoms with E-state index in [1.54, 1.807) is 0 Å². The van der Waals surface area contributed by atoms with E-state index in [1.807, 2.05) is 13.8 Å². The zero-order valence-corrected chi connectivity index (χ0v) is 14.6. The molecule has 3 unspecified atom stereocenters. The summed E-state index contributed by atoms with van der Waals surface area (Å²) in [6.07, 6.45) is 5.68. The summed E-state index contributed by atoms with van der Waals surface area (Å²) in [4.78, 5) is 14.5. The molecule has 3 atom stereocenters. The molecule has 4 nitrogen and oxygen atoms in total. The maximum Gasteiger partial charge on any atom is 0.325 e. The van der Waals surface area contributed by atoms with E-state index in [1.165, 1.54) is 26.5 Å². The Morgan fingerprint density at radius 1 is 1.38 bits per heavy atom. The standard InChI is InChI=1S/C17H34N2O2/c1-6-18-17(4,16(20)21-5)10-7-8-11-19-12-9-14(2)13-15(19)3/h14-15,18H,6-13H2,1-5H3. The molecule has 4 heteroatoms. The number of piperidine rings is 1. The Balaban J connectivity index is 2.33. The first-order chi connectivity index (χ1) is 9.92. The number of ether oxygens (including phenoxy) is 1. The smallest absolute Gasteiger partial charge is 0.325 e. The van der Waals surface area contributed by atoms with Crippen molar-refractivity contribution in [2.24, 2.45) is 5.92 Å². The second kappa shape index (κ2) is 8.74. The number of likely N-dealkylation sites (N-methyl/N-ethyl adjacent to an activating group) is 1. The quantitative estimate of drug-likeness (QED) is 0.553. The van der Waals surface area contributed by atoms with Crippen molar-refractivity contribution in [3.63, 3.8) is 0 Å². The summed E-state index contributed by atoms with van der Waals surface area (Å²) in [7, 11) is 1.47. The molecule has 1 N–H and O–H groups in total. The molecule has 0 aromatic carbocycles. The average molecular weight is 298 g/mol. The van der Waals surface area contributed by atoms with E-state index in [0.717, 1.165) is 38.3 Å². The minimum Gasteiger partial charge on any atom is -0.468 e. The van der Waals surface area contributed by atoms with Crippen LogP contribution in [0.4, 0.5) is 0 Å². The van der Waals surface area contributed by atoms with Crippen LogP contribution in [-0.4, -0.2) is 49.2 Å². The van der Waals surface area contributed by atoms with Crippen LogP contribution in [0.5, 0.6) is 0 Å². The number of hydrogen-bond acceptors (Lipinski definition) is 4. The third-order valence-electron chi connectivity index (χ3n) is 4.85. The number of methoxy groups -OCH3 is 1. The van der Waals surface area contributed by atoms with Crippen LogP contribution in [0.2, 0.25) is 0 Å². The number of carbonyl (C=O) groups is 1. The van der Waals surface area contributed by atoms with Gasteiger partial charge in [-0.05, 0) is 71.5 Å². The first kappa shape index (κ1) is 18.4. The van der Waals surface area contributed by atoms with Crippen molar-refractivity contribution in [2.45, 2.75) is 71.4 Å². The van der Waals surface area contributed by atoms with Crippen LogP contribution >= 0.6 is 0 Å². The van der Waals surface area contributed by atoms with Crippen molar-refractivity contribution in [1.29, 1.82) is 0 Å². The Labute approximate surface area is 130 Å². The molecule has 0 aromatic rings. The van der Waals surface area contributed by atoms with Gasteiger partial charge in [0.1, 0.15) is 5.54 Å². The van der Waals surface area contributed by atoms with Gasteiger partial charge in [0, 0.05) is 6.04 Å². The first-order valence-corrected chi connectivity index (χ1v) is 8.50. The van der Waals surface area contributed by atoms with Crippen molar-refractivity contribution in [3.05, 3.63) is 0 Å². The van der Waals surface area contributed by atoms with Crippen molar-refractivity contribution in [2.75, 3.05) is 26.7 Å². The molecule has 0 bridgehead atoms. The van der Waals surface area contributed by atoms with Gasteiger partial charge in [-0.2, -0.15) is 0 Å². The van der Waals surface area contributed by atoms with Gasteiger partial charge in [0.05, 0.1) is 7.11 Å². The largest absolute Gasteiger partial charge is 0.468 e. The van der Waals surface area contributed by atoms with E-state index in [2.05, 4.69) is 24.1 Å². The lowest BCUT2D eigenvalue weighted by atomic mass is 9.92. The van der Waals surface area contributed by atoms with Gasteiger partial charge in [-0.15, -0.1) is 0 Å². The van der Waals surface area contributed by atoms with Crippen LogP contribution in [0.3, 0.4) is 0 Å². The van der Waals surface area contributed by atoms with Crippen molar-refractivity contribution < 1.29 is 9.53 Å². The van der Waals surface area contributed by atoms with E-state index in [-0.39, 0.29) is 5.97 Å². The lowest BCUT2D eigenvalue weighted by Gasteiger charge is -2.36. The van der Waals surface area contributed by atoms with Crippen molar-refractivity contribution in [3.8, 4) is 0 Å². The topological polar surface area (TPSA) is 41.6 Å². The van der Waals surface area contributed by atoms with Crippen LogP contribution in [0, 0.1) is 5.92 Å². The fraction of sp³-hybridized carbons (Fsp3) is 0.941. The van der Waals surface area contributed by atoms with Crippen LogP contribution in [0.15, 0.2) is 0 Å². The Hall–Kier alpha value is -0.610. The number of nitrogens with one attached hydrogen (secondary N) is 1. The van der Waals surface area contributed by atoms with Gasteiger partial charge < -0.3 is 15.0 Å². The van der Waals surface area contributed by atoms with Gasteiger partial charge in [0.15, 0.2) is 0 Å². The highest BCUT2D eigenvalue weighted by Crippen LogP contribution is 2.23. The molecule has 1 aliphatic heterocycles. The number of likely N-dealkylation sites (tertiary alicyclic amines) is 1. The third kappa shape index (κ3) is 5.59. The predicted octanol–water partition coefficient (Wildman–Crippen LogP) is 2.82. The van der Waals surface area contributed by atoms with E-state index < -0.39 is 5.54 Å². The molecule has 21 heavy (non-hydrogen) atoms. The lowest BCUT2D eigenvalue weighted by molar-refractivity contribution is -0.148. The Kier molecular flexibility index (Phi) is 7.67. The highest BCUT2D eigenvalue weighted by Gasteiger charge is 2.32. The second-order valence-corrected chi connectivity index (χ2v) is 6.83. The van der Waals surface area contributed by atoms with E-state index >= 15 is 0 Å². The molecule has 1 rings (SSSR count). The molecular formula is C17H34N2O2. The Bertz CT molecular complexity index is 322. The molecule has 0 saturated carbocycles. The average Bonchev–Trinajstić information content (AvgIpc) is 2.44. The molecular weight excluding hydrogens is 264 g/mol. The summed E-state index contributed by atoms with van der Waals surface area (Å²) < 4.78 is 4.93. The molecule has 124 valence electrons. The molecule has 0 amide bonds. The highest BCUT2D eigenvalue weighted by molar-refractivity contribution is 5.80. The molecule has 0 spiro atoms. The van der Waals surface area contributed by atoms with Crippen LogP contribution < -0.4 is 5.32 Å². The summed E-state index contributed by atoms with van der Waals surface area (Å²) in [6.45, 7) is 11.8. The SMILES string of the molecule is CCNC(C)(CCCCN1CCC(C)CC1C)C(=O)OC. The summed E-state index contributed by atoms with van der Waals surface area (Å²) in [5.74, 6) is 0.720. The number of esters is 1. The fourth-order valence-electron chi connectivity index (χ4n) is 3.46. The van der Waals surface area contributed by atoms with Gasteiger partial charge in [-0.3, -0.25) is 4.79 Å². The van der Waals surface area contributed by atoms with E-state index in [9.17, 15) is 4.79 Å². The Morgan fingerprint density at radius 2 is 2.10 bits per heavy atom. The monoisotopic (exact) mass is 298 g/mol. The van der Waals surface area contributed by atoms with E-state index in [0.29, 0.717) is 6.04 Å². The fourth-order valence-corrected chi connectivity index (χ4v) is 3.46. The molecule has 0 aromatic heterocycles. The van der Waals surface area contributed by atoms with Gasteiger partial charge in [0.25, 0.3) is 0 Å². The van der Waals surface area contributed by atoms with E-state index in [4.69, 9.17) is 4.74 Å². The predicted molar refractivity (Wildman–Crippen MR) is 87.4 cm³/mol. The molecule has 1 fully saturated rings. The molecule has 0 aliphatic carbocycles. The van der Waals surface area contributed by atoms with Gasteiger partial charge in [-0.1, -0.05) is 13.8 Å². The van der Waals surface area contributed by atoms with Gasteiger partial charge >= 0.3 is 5.97 Å². The van der Waals surface area contributed by atoms with Crippen molar-refractivity contribution >= 4 is 5.97 Å². The summed E-state index contributed by atoms with van der Waals surface area (Å²) in [5, 5.41) is 3.27. The Morgan fingerprint density at radius 3 is 2.67 bits per heavy atom. The number of carbonyl (C=O) groups excluding carboxylic acids is 1. The number of hydrogen-bond donors (Lipinski definition) is 1. The van der Waals surface area contributed by atoms with Gasteiger partial charge in [-0.25, -0.2) is 0 Å². The summed E-state index contributed by atoms with van der Waals surface area (Å²) >= 11 is 0. The highest BCUT2D eigenvalue weighted by atomic mass is 16.5. The molecule has 1 heterocycles. The zero-order valence-electron chi connectivity index (χ0n) is 14.6. The second-order valence-electron chi connectivity index (χ2n) is 6.83. The van der Waals surface area contributed by atoms with Crippen molar-refractivity contribution in [1.82, 2.24) is 10.2 Å². The summed E-state index contributed by atoms with van der Waals surface area (Å²) in [6, 6.07) is 0.703. The van der Waals surface area contributed by atoms with Gasteiger partial charge in [0.2, 0.25) is 0 Å². The molecule has 1 aliphatic rings. The minimum atomic E-state index is -0.536. The third-order valence-corrected chi connectivity index (χ3v) is 4.85. The maximum atomic E-state index is 11.9. The minimum absolute atomic E-state index is 0.149. The van der Waals surface area contributed by atoms with Crippen LogP contribution in [0.25, 0.3) is 0 Å². The number of nitrogens with zero attached hydrogens (tertiary/aromatic N) is 1. The molecule has 1 saturated heterocycles. The maximum absolute atomic E-state index is 11.9. The lowest BCUT2D eigenvalue weighted by Crippen LogP contribution is -2.50.